The summed E-state index contributed by atoms with van der Waals surface area (Å²) in [6.45, 7) is 6.34. The Bertz CT molecular complexity index is 666. The number of rotatable bonds is 5. The van der Waals surface area contributed by atoms with E-state index in [1.807, 2.05) is 12.1 Å². The lowest BCUT2D eigenvalue weighted by Crippen LogP contribution is -2.13. The van der Waals surface area contributed by atoms with Crippen molar-refractivity contribution in [3.63, 3.8) is 0 Å². The Morgan fingerprint density at radius 2 is 1.95 bits per heavy atom. The van der Waals surface area contributed by atoms with Gasteiger partial charge in [-0.15, -0.1) is 11.8 Å². The third kappa shape index (κ3) is 3.77. The van der Waals surface area contributed by atoms with Gasteiger partial charge in [-0.25, -0.2) is 0 Å². The van der Waals surface area contributed by atoms with Crippen molar-refractivity contribution in [3.8, 4) is 0 Å². The third-order valence-corrected chi connectivity index (χ3v) is 4.50. The van der Waals surface area contributed by atoms with Crippen LogP contribution in [0.1, 0.15) is 23.6 Å². The summed E-state index contributed by atoms with van der Waals surface area (Å²) in [7, 11) is 0. The highest BCUT2D eigenvalue weighted by Gasteiger charge is 2.11. The van der Waals surface area contributed by atoms with Gasteiger partial charge in [-0.05, 0) is 55.0 Å². The Hall–Kier alpha value is -1.52. The van der Waals surface area contributed by atoms with E-state index >= 15 is 0 Å². The molecule has 0 spiro atoms. The van der Waals surface area contributed by atoms with Crippen molar-refractivity contribution in [1.29, 1.82) is 0 Å². The predicted octanol–water partition coefficient (Wildman–Crippen LogP) is 4.79. The lowest BCUT2D eigenvalue weighted by atomic mass is 10.1. The van der Waals surface area contributed by atoms with E-state index in [0.717, 1.165) is 27.6 Å². The molecule has 2 aromatic carbocycles. The fourth-order valence-electron chi connectivity index (χ4n) is 2.14. The van der Waals surface area contributed by atoms with E-state index in [4.69, 9.17) is 18.0 Å². The van der Waals surface area contributed by atoms with Crippen LogP contribution in [0, 0.1) is 13.8 Å². The summed E-state index contributed by atoms with van der Waals surface area (Å²) in [6.07, 6.45) is 0. The van der Waals surface area contributed by atoms with Gasteiger partial charge < -0.3 is 11.1 Å². The van der Waals surface area contributed by atoms with Crippen molar-refractivity contribution in [3.05, 3.63) is 53.1 Å². The molecule has 0 radical (unpaired) electrons. The molecule has 0 aromatic heterocycles. The molecule has 0 unspecified atom stereocenters. The van der Waals surface area contributed by atoms with Crippen molar-refractivity contribution in [1.82, 2.24) is 0 Å². The molecule has 0 amide bonds. The Kier molecular flexibility index (Phi) is 5.26. The number of thioether (sulfide) groups is 1. The number of aryl methyl sites for hydroxylation is 2. The molecule has 0 atom stereocenters. The summed E-state index contributed by atoms with van der Waals surface area (Å²) in [5, 5.41) is 3.44. The smallest absolute Gasteiger partial charge is 0.107 e. The molecule has 0 saturated carbocycles. The minimum absolute atomic E-state index is 0.429. The minimum Gasteiger partial charge on any atom is -0.389 e. The molecule has 0 saturated heterocycles. The van der Waals surface area contributed by atoms with Gasteiger partial charge in [0.1, 0.15) is 4.99 Å². The number of nitrogens with two attached hydrogens (primary N) is 1. The molecular weight excluding hydrogens is 296 g/mol. The van der Waals surface area contributed by atoms with Gasteiger partial charge in [0.25, 0.3) is 0 Å². The van der Waals surface area contributed by atoms with Crippen LogP contribution in [0.3, 0.4) is 0 Å². The van der Waals surface area contributed by atoms with E-state index in [2.05, 4.69) is 50.4 Å². The molecule has 3 N–H and O–H groups in total. The summed E-state index contributed by atoms with van der Waals surface area (Å²) in [5.74, 6) is 0.989. The third-order valence-electron chi connectivity index (χ3n) is 3.36. The first-order valence-corrected chi connectivity index (χ1v) is 8.32. The lowest BCUT2D eigenvalue weighted by Gasteiger charge is -2.15. The Morgan fingerprint density at radius 1 is 1.19 bits per heavy atom. The number of hydrogen-bond donors (Lipinski definition) is 2. The largest absolute Gasteiger partial charge is 0.389 e. The highest BCUT2D eigenvalue weighted by molar-refractivity contribution is 7.99. The van der Waals surface area contributed by atoms with Gasteiger partial charge in [-0.3, -0.25) is 0 Å². The molecule has 0 heterocycles. The maximum Gasteiger partial charge on any atom is 0.107 e. The van der Waals surface area contributed by atoms with E-state index in [1.165, 1.54) is 11.1 Å². The standard InChI is InChI=1S/C17H20N2S2/c1-4-21-15-7-5-6-14(16(15)17(18)20)19-13-9-8-11(2)12(3)10-13/h5-10,19H,4H2,1-3H3,(H2,18,20). The number of thiocarbonyl (C=S) groups is 1. The van der Waals surface area contributed by atoms with Crippen LogP contribution in [0.15, 0.2) is 41.3 Å². The van der Waals surface area contributed by atoms with Gasteiger partial charge in [0.2, 0.25) is 0 Å². The number of anilines is 2. The zero-order valence-electron chi connectivity index (χ0n) is 12.6. The molecule has 2 aromatic rings. The molecule has 0 aliphatic carbocycles. The highest BCUT2D eigenvalue weighted by atomic mass is 32.2. The molecular formula is C17H20N2S2. The van der Waals surface area contributed by atoms with Crippen molar-refractivity contribution >= 4 is 40.3 Å². The van der Waals surface area contributed by atoms with Crippen LogP contribution < -0.4 is 11.1 Å². The maximum absolute atomic E-state index is 5.93. The number of nitrogens with one attached hydrogen (secondary N) is 1. The Morgan fingerprint density at radius 3 is 2.57 bits per heavy atom. The molecule has 4 heteroatoms. The molecule has 2 rings (SSSR count). The topological polar surface area (TPSA) is 38.0 Å². The van der Waals surface area contributed by atoms with Crippen molar-refractivity contribution in [2.24, 2.45) is 5.73 Å². The normalized spacial score (nSPS) is 10.4. The SMILES string of the molecule is CCSc1cccc(Nc2ccc(C)c(C)c2)c1C(N)=S. The van der Waals surface area contributed by atoms with Gasteiger partial charge in [-0.1, -0.05) is 31.3 Å². The Balaban J connectivity index is 2.41. The average Bonchev–Trinajstić information content (AvgIpc) is 2.43. The van der Waals surface area contributed by atoms with Crippen LogP contribution in [-0.4, -0.2) is 10.7 Å². The predicted molar refractivity (Wildman–Crippen MR) is 97.9 cm³/mol. The molecule has 0 fully saturated rings. The zero-order valence-corrected chi connectivity index (χ0v) is 14.2. The van der Waals surface area contributed by atoms with E-state index in [0.29, 0.717) is 4.99 Å². The first kappa shape index (κ1) is 15.9. The van der Waals surface area contributed by atoms with Crippen LogP contribution in [-0.2, 0) is 0 Å². The van der Waals surface area contributed by atoms with Gasteiger partial charge in [0, 0.05) is 21.8 Å². The summed E-state index contributed by atoms with van der Waals surface area (Å²) in [5.41, 5.74) is 11.4. The second kappa shape index (κ2) is 6.96. The molecule has 21 heavy (non-hydrogen) atoms. The van der Waals surface area contributed by atoms with Crippen LogP contribution in [0.2, 0.25) is 0 Å². The first-order chi connectivity index (χ1) is 10.0. The van der Waals surface area contributed by atoms with Gasteiger partial charge >= 0.3 is 0 Å². The van der Waals surface area contributed by atoms with Crippen LogP contribution in [0.4, 0.5) is 11.4 Å². The maximum atomic E-state index is 5.93. The van der Waals surface area contributed by atoms with Crippen molar-refractivity contribution < 1.29 is 0 Å². The molecule has 0 aliphatic rings. The van der Waals surface area contributed by atoms with Gasteiger partial charge in [0.15, 0.2) is 0 Å². The second-order valence-electron chi connectivity index (χ2n) is 4.90. The fourth-order valence-corrected chi connectivity index (χ4v) is 3.27. The molecule has 0 bridgehead atoms. The quantitative estimate of drug-likeness (QED) is 0.614. The molecule has 2 nitrogen and oxygen atoms in total. The van der Waals surface area contributed by atoms with E-state index in [9.17, 15) is 0 Å². The fraction of sp³-hybridized carbons (Fsp3) is 0.235. The van der Waals surface area contributed by atoms with E-state index < -0.39 is 0 Å². The van der Waals surface area contributed by atoms with Gasteiger partial charge in [-0.2, -0.15) is 0 Å². The second-order valence-corrected chi connectivity index (χ2v) is 6.65. The number of hydrogen-bond acceptors (Lipinski definition) is 3. The summed E-state index contributed by atoms with van der Waals surface area (Å²) >= 11 is 6.99. The summed E-state index contributed by atoms with van der Waals surface area (Å²) in [4.78, 5) is 1.55. The first-order valence-electron chi connectivity index (χ1n) is 6.92. The lowest BCUT2D eigenvalue weighted by molar-refractivity contribution is 1.33. The number of benzene rings is 2. The monoisotopic (exact) mass is 316 g/mol. The van der Waals surface area contributed by atoms with Crippen LogP contribution in [0.5, 0.6) is 0 Å². The zero-order chi connectivity index (χ0) is 15.4. The van der Waals surface area contributed by atoms with Crippen molar-refractivity contribution in [2.75, 3.05) is 11.1 Å². The van der Waals surface area contributed by atoms with Crippen LogP contribution in [0.25, 0.3) is 0 Å². The van der Waals surface area contributed by atoms with E-state index in [-0.39, 0.29) is 0 Å². The van der Waals surface area contributed by atoms with E-state index in [1.54, 1.807) is 11.8 Å². The molecule has 0 aliphatic heterocycles. The van der Waals surface area contributed by atoms with Crippen molar-refractivity contribution in [2.45, 2.75) is 25.7 Å². The minimum atomic E-state index is 0.429. The Labute approximate surface area is 136 Å². The molecule has 110 valence electrons. The average molecular weight is 316 g/mol. The van der Waals surface area contributed by atoms with Gasteiger partial charge in [0.05, 0.1) is 0 Å². The van der Waals surface area contributed by atoms with Crippen LogP contribution >= 0.6 is 24.0 Å². The summed E-state index contributed by atoms with van der Waals surface area (Å²) < 4.78 is 0. The highest BCUT2D eigenvalue weighted by Crippen LogP contribution is 2.30. The summed E-state index contributed by atoms with van der Waals surface area (Å²) in [6, 6.07) is 12.4.